The normalized spacial score (nSPS) is 20.8. The van der Waals surface area contributed by atoms with Gasteiger partial charge in [-0.1, -0.05) is 23.7 Å². The Morgan fingerprint density at radius 3 is 2.42 bits per heavy atom. The summed E-state index contributed by atoms with van der Waals surface area (Å²) in [5.74, 6) is -0.483. The molecule has 19 heavy (non-hydrogen) atoms. The highest BCUT2D eigenvalue weighted by Gasteiger charge is 2.42. The van der Waals surface area contributed by atoms with Crippen LogP contribution in [0.4, 0.5) is 0 Å². The minimum Gasteiger partial charge on any atom is -0.320 e. The lowest BCUT2D eigenvalue weighted by Crippen LogP contribution is -2.58. The van der Waals surface area contributed by atoms with Crippen LogP contribution in [0.25, 0.3) is 0 Å². The summed E-state index contributed by atoms with van der Waals surface area (Å²) >= 11 is 5.86. The molecular weight excluding hydrogens is 264 g/mol. The number of benzene rings is 1. The van der Waals surface area contributed by atoms with Gasteiger partial charge in [0.2, 0.25) is 11.8 Å². The zero-order valence-electron chi connectivity index (χ0n) is 11.0. The van der Waals surface area contributed by atoms with Crippen LogP contribution in [0.2, 0.25) is 5.02 Å². The maximum atomic E-state index is 12.2. The summed E-state index contributed by atoms with van der Waals surface area (Å²) in [6, 6.07) is 6.55. The summed E-state index contributed by atoms with van der Waals surface area (Å²) in [5.41, 5.74) is 5.89. The Bertz CT molecular complexity index is 511. The Balaban J connectivity index is 2.39. The Morgan fingerprint density at radius 2 is 1.84 bits per heavy atom. The fourth-order valence-corrected chi connectivity index (χ4v) is 2.50. The van der Waals surface area contributed by atoms with E-state index in [2.05, 4.69) is 0 Å². The SMILES string of the molecule is CC(C)(c1ccc(Cl)cc1)N1C(=O)CC[C@H](N)C1=O. The predicted molar refractivity (Wildman–Crippen MR) is 73.5 cm³/mol. The molecule has 1 heterocycles. The first-order valence-corrected chi connectivity index (χ1v) is 6.60. The third-order valence-corrected chi connectivity index (χ3v) is 3.82. The molecule has 0 spiro atoms. The van der Waals surface area contributed by atoms with E-state index in [1.54, 1.807) is 12.1 Å². The molecule has 0 aromatic heterocycles. The summed E-state index contributed by atoms with van der Waals surface area (Å²) < 4.78 is 0. The van der Waals surface area contributed by atoms with Gasteiger partial charge in [-0.15, -0.1) is 0 Å². The van der Waals surface area contributed by atoms with Crippen molar-refractivity contribution in [1.82, 2.24) is 4.90 Å². The van der Waals surface area contributed by atoms with E-state index in [4.69, 9.17) is 17.3 Å². The second kappa shape index (κ2) is 4.94. The molecule has 0 bridgehead atoms. The Labute approximate surface area is 117 Å². The Kier molecular flexibility index (Phi) is 3.65. The number of hydrogen-bond acceptors (Lipinski definition) is 3. The highest BCUT2D eigenvalue weighted by atomic mass is 35.5. The van der Waals surface area contributed by atoms with E-state index in [0.29, 0.717) is 17.9 Å². The van der Waals surface area contributed by atoms with Crippen LogP contribution in [0.15, 0.2) is 24.3 Å². The lowest BCUT2D eigenvalue weighted by atomic mass is 9.89. The van der Waals surface area contributed by atoms with Gasteiger partial charge in [-0.2, -0.15) is 0 Å². The molecule has 2 amide bonds. The minimum atomic E-state index is -0.725. The largest absolute Gasteiger partial charge is 0.320 e. The van der Waals surface area contributed by atoms with Gasteiger partial charge in [0, 0.05) is 11.4 Å². The molecule has 1 aromatic rings. The van der Waals surface area contributed by atoms with Gasteiger partial charge in [-0.3, -0.25) is 14.5 Å². The molecule has 102 valence electrons. The molecule has 5 heteroatoms. The summed E-state index contributed by atoms with van der Waals surface area (Å²) in [7, 11) is 0. The van der Waals surface area contributed by atoms with Crippen LogP contribution in [-0.4, -0.2) is 22.8 Å². The fourth-order valence-electron chi connectivity index (χ4n) is 2.38. The maximum Gasteiger partial charge on any atom is 0.246 e. The van der Waals surface area contributed by atoms with E-state index < -0.39 is 11.6 Å². The zero-order chi connectivity index (χ0) is 14.2. The standard InChI is InChI=1S/C14H17ClN2O2/c1-14(2,9-3-5-10(15)6-4-9)17-12(18)8-7-11(16)13(17)19/h3-6,11H,7-8,16H2,1-2H3/t11-/m0/s1. The van der Waals surface area contributed by atoms with Crippen LogP contribution in [0.3, 0.4) is 0 Å². The number of piperidine rings is 1. The smallest absolute Gasteiger partial charge is 0.246 e. The molecule has 1 aliphatic heterocycles. The van der Waals surface area contributed by atoms with Gasteiger partial charge in [-0.05, 0) is 38.0 Å². The summed E-state index contributed by atoms with van der Waals surface area (Å²) in [6.45, 7) is 3.67. The molecule has 1 fully saturated rings. The van der Waals surface area contributed by atoms with Crippen LogP contribution >= 0.6 is 11.6 Å². The van der Waals surface area contributed by atoms with Gasteiger partial charge in [-0.25, -0.2) is 0 Å². The summed E-state index contributed by atoms with van der Waals surface area (Å²) in [6.07, 6.45) is 0.731. The molecule has 1 atom stereocenters. The van der Waals surface area contributed by atoms with Crippen LogP contribution in [0.5, 0.6) is 0 Å². The second-order valence-electron chi connectivity index (χ2n) is 5.28. The van der Waals surface area contributed by atoms with Crippen molar-refractivity contribution in [3.05, 3.63) is 34.9 Å². The second-order valence-corrected chi connectivity index (χ2v) is 5.71. The van der Waals surface area contributed by atoms with Crippen molar-refractivity contribution < 1.29 is 9.59 Å². The van der Waals surface area contributed by atoms with Crippen molar-refractivity contribution >= 4 is 23.4 Å². The lowest BCUT2D eigenvalue weighted by Gasteiger charge is -2.41. The molecule has 1 aromatic carbocycles. The number of halogens is 1. The average molecular weight is 281 g/mol. The summed E-state index contributed by atoms with van der Waals surface area (Å²) in [4.78, 5) is 25.5. The van der Waals surface area contributed by atoms with Crippen molar-refractivity contribution in [1.29, 1.82) is 0 Å². The molecule has 4 nitrogen and oxygen atoms in total. The number of likely N-dealkylation sites (tertiary alicyclic amines) is 1. The van der Waals surface area contributed by atoms with E-state index in [1.807, 2.05) is 26.0 Å². The predicted octanol–water partition coefficient (Wildman–Crippen LogP) is 2.05. The summed E-state index contributed by atoms with van der Waals surface area (Å²) in [5, 5.41) is 0.618. The zero-order valence-corrected chi connectivity index (χ0v) is 11.8. The number of amides is 2. The van der Waals surface area contributed by atoms with E-state index in [1.165, 1.54) is 4.90 Å². The third kappa shape index (κ3) is 2.51. The molecule has 1 saturated heterocycles. The Morgan fingerprint density at radius 1 is 1.26 bits per heavy atom. The van der Waals surface area contributed by atoms with Gasteiger partial charge in [0.15, 0.2) is 0 Å². The van der Waals surface area contributed by atoms with E-state index in [-0.39, 0.29) is 11.8 Å². The molecule has 0 radical (unpaired) electrons. The highest BCUT2D eigenvalue weighted by Crippen LogP contribution is 2.32. The molecular formula is C14H17ClN2O2. The molecule has 0 saturated carbocycles. The number of carbonyl (C=O) groups excluding carboxylic acids is 2. The van der Waals surface area contributed by atoms with Crippen LogP contribution < -0.4 is 5.73 Å². The number of nitrogens with two attached hydrogens (primary N) is 1. The van der Waals surface area contributed by atoms with Crippen molar-refractivity contribution in [3.63, 3.8) is 0 Å². The van der Waals surface area contributed by atoms with Gasteiger partial charge in [0.1, 0.15) is 0 Å². The lowest BCUT2D eigenvalue weighted by molar-refractivity contribution is -0.156. The van der Waals surface area contributed by atoms with Crippen molar-refractivity contribution in [2.45, 2.75) is 38.3 Å². The van der Waals surface area contributed by atoms with E-state index in [0.717, 1.165) is 5.56 Å². The number of nitrogens with zero attached hydrogens (tertiary/aromatic N) is 1. The maximum absolute atomic E-state index is 12.2. The van der Waals surface area contributed by atoms with Crippen molar-refractivity contribution in [2.24, 2.45) is 5.73 Å². The van der Waals surface area contributed by atoms with Crippen LogP contribution in [0.1, 0.15) is 32.3 Å². The van der Waals surface area contributed by atoms with Gasteiger partial charge < -0.3 is 5.73 Å². The first kappa shape index (κ1) is 14.0. The van der Waals surface area contributed by atoms with Gasteiger partial charge in [0.25, 0.3) is 0 Å². The van der Waals surface area contributed by atoms with Crippen molar-refractivity contribution in [3.8, 4) is 0 Å². The molecule has 2 rings (SSSR count). The first-order chi connectivity index (χ1) is 8.84. The highest BCUT2D eigenvalue weighted by molar-refractivity contribution is 6.30. The van der Waals surface area contributed by atoms with E-state index >= 15 is 0 Å². The monoisotopic (exact) mass is 280 g/mol. The minimum absolute atomic E-state index is 0.174. The Hall–Kier alpha value is -1.39. The number of hydrogen-bond donors (Lipinski definition) is 1. The first-order valence-electron chi connectivity index (χ1n) is 6.22. The number of rotatable bonds is 2. The number of imide groups is 1. The molecule has 0 aliphatic carbocycles. The molecule has 2 N–H and O–H groups in total. The topological polar surface area (TPSA) is 63.4 Å². The third-order valence-electron chi connectivity index (χ3n) is 3.57. The molecule has 1 aliphatic rings. The molecule has 0 unspecified atom stereocenters. The number of carbonyl (C=O) groups is 2. The van der Waals surface area contributed by atoms with Gasteiger partial charge >= 0.3 is 0 Å². The van der Waals surface area contributed by atoms with Crippen LogP contribution in [0, 0.1) is 0 Å². The quantitative estimate of drug-likeness (QED) is 0.844. The van der Waals surface area contributed by atoms with Crippen LogP contribution in [-0.2, 0) is 15.1 Å². The van der Waals surface area contributed by atoms with Gasteiger partial charge in [0.05, 0.1) is 11.6 Å². The van der Waals surface area contributed by atoms with Crippen molar-refractivity contribution in [2.75, 3.05) is 0 Å². The average Bonchev–Trinajstić information content (AvgIpc) is 2.34. The fraction of sp³-hybridized carbons (Fsp3) is 0.429. The van der Waals surface area contributed by atoms with E-state index in [9.17, 15) is 9.59 Å².